The Hall–Kier alpha value is -0.480. The van der Waals surface area contributed by atoms with Crippen molar-refractivity contribution in [3.8, 4) is 0 Å². The monoisotopic (exact) mass is 171 g/mol. The molecule has 1 fully saturated rings. The minimum absolute atomic E-state index is 0.0729. The Balaban J connectivity index is 2.07. The Morgan fingerprint density at radius 3 is 3.27 bits per heavy atom. The first kappa shape index (κ1) is 7.18. The molecule has 2 rings (SSSR count). The fourth-order valence-electron chi connectivity index (χ4n) is 1.25. The van der Waals surface area contributed by atoms with Crippen molar-refractivity contribution in [1.82, 2.24) is 4.90 Å². The maximum Gasteiger partial charge on any atom is 0.226 e. The molecule has 0 aromatic heterocycles. The Kier molecular flexibility index (Phi) is 1.65. The van der Waals surface area contributed by atoms with Crippen molar-refractivity contribution in [2.24, 2.45) is 0 Å². The van der Waals surface area contributed by atoms with Gasteiger partial charge in [-0.3, -0.25) is 4.79 Å². The smallest absolute Gasteiger partial charge is 0.226 e. The second-order valence-electron chi connectivity index (χ2n) is 2.75. The second-order valence-corrected chi connectivity index (χ2v) is 3.80. The third-order valence-electron chi connectivity index (χ3n) is 1.99. The van der Waals surface area contributed by atoms with Crippen LogP contribution >= 0.6 is 11.8 Å². The van der Waals surface area contributed by atoms with E-state index in [0.717, 1.165) is 5.57 Å². The molecule has 0 aliphatic carbocycles. The number of rotatable bonds is 1. The average molecular weight is 171 g/mol. The number of fused-ring (bicyclic) bond motifs is 1. The summed E-state index contributed by atoms with van der Waals surface area (Å²) in [7, 11) is 0. The summed E-state index contributed by atoms with van der Waals surface area (Å²) in [5.74, 6) is 0.210. The SMILES string of the molecule is O=C1C[C@H]2SC=C(CO)CN12. The van der Waals surface area contributed by atoms with Crippen molar-refractivity contribution < 1.29 is 9.90 Å². The molecule has 0 unspecified atom stereocenters. The number of hydrogen-bond donors (Lipinski definition) is 1. The number of nitrogens with zero attached hydrogens (tertiary/aromatic N) is 1. The van der Waals surface area contributed by atoms with Crippen molar-refractivity contribution in [3.63, 3.8) is 0 Å². The predicted octanol–water partition coefficient (Wildman–Crippen LogP) is 0.168. The summed E-state index contributed by atoms with van der Waals surface area (Å²) in [4.78, 5) is 12.7. The van der Waals surface area contributed by atoms with Crippen molar-refractivity contribution in [2.45, 2.75) is 11.8 Å². The zero-order valence-electron chi connectivity index (χ0n) is 5.99. The van der Waals surface area contributed by atoms with Gasteiger partial charge in [-0.15, -0.1) is 11.8 Å². The number of β-lactam (4-membered cyclic amide) rings is 1. The van der Waals surface area contributed by atoms with Crippen LogP contribution in [0.3, 0.4) is 0 Å². The summed E-state index contributed by atoms with van der Waals surface area (Å²) in [6.07, 6.45) is 0.667. The quantitative estimate of drug-likeness (QED) is 0.572. The largest absolute Gasteiger partial charge is 0.392 e. The van der Waals surface area contributed by atoms with Gasteiger partial charge < -0.3 is 10.0 Å². The summed E-state index contributed by atoms with van der Waals surface area (Å²) in [5.41, 5.74) is 0.944. The highest BCUT2D eigenvalue weighted by Crippen LogP contribution is 2.35. The molecule has 2 aliphatic rings. The van der Waals surface area contributed by atoms with Crippen LogP contribution in [0.1, 0.15) is 6.42 Å². The van der Waals surface area contributed by atoms with Crippen LogP contribution in [0.2, 0.25) is 0 Å². The van der Waals surface area contributed by atoms with Gasteiger partial charge in [-0.1, -0.05) is 0 Å². The van der Waals surface area contributed by atoms with Gasteiger partial charge in [0.15, 0.2) is 0 Å². The molecule has 11 heavy (non-hydrogen) atoms. The fourth-order valence-corrected chi connectivity index (χ4v) is 2.33. The minimum atomic E-state index is 0.0729. The molecule has 0 aromatic carbocycles. The first-order valence-electron chi connectivity index (χ1n) is 3.55. The minimum Gasteiger partial charge on any atom is -0.392 e. The van der Waals surface area contributed by atoms with E-state index in [4.69, 9.17) is 5.11 Å². The number of carbonyl (C=O) groups excluding carboxylic acids is 1. The predicted molar refractivity (Wildman–Crippen MR) is 42.9 cm³/mol. The highest BCUT2D eigenvalue weighted by Gasteiger charge is 2.38. The summed E-state index contributed by atoms with van der Waals surface area (Å²) >= 11 is 1.63. The van der Waals surface area contributed by atoms with Gasteiger partial charge in [0.1, 0.15) is 0 Å². The first-order chi connectivity index (χ1) is 5.31. The molecule has 2 heterocycles. The lowest BCUT2D eigenvalue weighted by molar-refractivity contribution is -0.140. The van der Waals surface area contributed by atoms with Gasteiger partial charge in [0.05, 0.1) is 18.4 Å². The standard InChI is InChI=1S/C7H9NO2S/c9-3-5-2-8-6(10)1-7(8)11-4-5/h4,7,9H,1-3H2/t7-/m1/s1. The molecule has 0 saturated carbocycles. The highest BCUT2D eigenvalue weighted by atomic mass is 32.2. The van der Waals surface area contributed by atoms with E-state index >= 15 is 0 Å². The number of aliphatic hydroxyl groups is 1. The van der Waals surface area contributed by atoms with Crippen LogP contribution in [-0.4, -0.2) is 34.4 Å². The molecule has 1 saturated heterocycles. The molecule has 3 nitrogen and oxygen atoms in total. The fraction of sp³-hybridized carbons (Fsp3) is 0.571. The summed E-state index contributed by atoms with van der Waals surface area (Å²) in [6, 6.07) is 0. The molecule has 1 N–H and O–H groups in total. The van der Waals surface area contributed by atoms with Crippen LogP contribution in [0.5, 0.6) is 0 Å². The molecule has 60 valence electrons. The van der Waals surface area contributed by atoms with Crippen molar-refractivity contribution in [2.75, 3.05) is 13.2 Å². The van der Waals surface area contributed by atoms with Crippen LogP contribution in [0.25, 0.3) is 0 Å². The van der Waals surface area contributed by atoms with Gasteiger partial charge in [-0.25, -0.2) is 0 Å². The lowest BCUT2D eigenvalue weighted by atomic mass is 10.1. The third kappa shape index (κ3) is 1.06. The molecule has 2 aliphatic heterocycles. The van der Waals surface area contributed by atoms with Gasteiger partial charge in [-0.05, 0) is 11.0 Å². The Morgan fingerprint density at radius 1 is 1.82 bits per heavy atom. The molecular weight excluding hydrogens is 162 g/mol. The summed E-state index contributed by atoms with van der Waals surface area (Å²) < 4.78 is 0. The molecule has 0 spiro atoms. The topological polar surface area (TPSA) is 40.5 Å². The van der Waals surface area contributed by atoms with Crippen LogP contribution < -0.4 is 0 Å². The van der Waals surface area contributed by atoms with Crippen LogP contribution in [0.15, 0.2) is 11.0 Å². The molecule has 0 aromatic rings. The summed E-state index contributed by atoms with van der Waals surface area (Å²) in [5, 5.41) is 11.1. The molecule has 1 amide bonds. The lowest BCUT2D eigenvalue weighted by Crippen LogP contribution is -2.52. The number of hydrogen-bond acceptors (Lipinski definition) is 3. The second kappa shape index (κ2) is 2.53. The third-order valence-corrected chi connectivity index (χ3v) is 3.19. The Labute approximate surface area is 69.1 Å². The Bertz CT molecular complexity index is 226. The van der Waals surface area contributed by atoms with Crippen LogP contribution in [0.4, 0.5) is 0 Å². The zero-order chi connectivity index (χ0) is 7.84. The van der Waals surface area contributed by atoms with E-state index in [0.29, 0.717) is 18.3 Å². The van der Waals surface area contributed by atoms with E-state index in [1.54, 1.807) is 16.7 Å². The number of aliphatic hydroxyl groups excluding tert-OH is 1. The van der Waals surface area contributed by atoms with Gasteiger partial charge in [0.2, 0.25) is 5.91 Å². The number of thioether (sulfide) groups is 1. The van der Waals surface area contributed by atoms with Crippen molar-refractivity contribution in [1.29, 1.82) is 0 Å². The molecular formula is C7H9NO2S. The van der Waals surface area contributed by atoms with Gasteiger partial charge in [0.25, 0.3) is 0 Å². The van der Waals surface area contributed by atoms with Gasteiger partial charge in [0, 0.05) is 6.54 Å². The van der Waals surface area contributed by atoms with Crippen molar-refractivity contribution in [3.05, 3.63) is 11.0 Å². The van der Waals surface area contributed by atoms with E-state index < -0.39 is 0 Å². The number of carbonyl (C=O) groups is 1. The van der Waals surface area contributed by atoms with E-state index in [-0.39, 0.29) is 12.5 Å². The van der Waals surface area contributed by atoms with E-state index in [2.05, 4.69) is 0 Å². The highest BCUT2D eigenvalue weighted by molar-refractivity contribution is 8.02. The zero-order valence-corrected chi connectivity index (χ0v) is 6.80. The molecule has 0 bridgehead atoms. The normalized spacial score (nSPS) is 29.2. The molecule has 1 atom stereocenters. The van der Waals surface area contributed by atoms with E-state index in [9.17, 15) is 4.79 Å². The Morgan fingerprint density at radius 2 is 2.64 bits per heavy atom. The summed E-state index contributed by atoms with van der Waals surface area (Å²) in [6.45, 7) is 0.705. The van der Waals surface area contributed by atoms with Gasteiger partial charge in [-0.2, -0.15) is 0 Å². The van der Waals surface area contributed by atoms with E-state index in [1.165, 1.54) is 0 Å². The first-order valence-corrected chi connectivity index (χ1v) is 4.49. The molecule has 4 heteroatoms. The maximum absolute atomic E-state index is 10.9. The van der Waals surface area contributed by atoms with Gasteiger partial charge >= 0.3 is 0 Å². The van der Waals surface area contributed by atoms with Crippen LogP contribution in [-0.2, 0) is 4.79 Å². The van der Waals surface area contributed by atoms with E-state index in [1.807, 2.05) is 5.41 Å². The van der Waals surface area contributed by atoms with Crippen molar-refractivity contribution >= 4 is 17.7 Å². The average Bonchev–Trinajstić information content (AvgIpc) is 2.03. The molecule has 0 radical (unpaired) electrons. The lowest BCUT2D eigenvalue weighted by Gasteiger charge is -2.42. The maximum atomic E-state index is 10.9. The van der Waals surface area contributed by atoms with Crippen LogP contribution in [0, 0.1) is 0 Å². The number of amides is 1.